The molecule has 33 heavy (non-hydrogen) atoms. The fraction of sp³-hybridized carbons (Fsp3) is 0.333. The van der Waals surface area contributed by atoms with E-state index in [4.69, 9.17) is 4.42 Å². The third kappa shape index (κ3) is 2.88. The fourth-order valence-corrected chi connectivity index (χ4v) is 5.77. The van der Waals surface area contributed by atoms with Crippen LogP contribution in [0.15, 0.2) is 59.4 Å². The highest BCUT2D eigenvalue weighted by Crippen LogP contribution is 2.47. The highest BCUT2D eigenvalue weighted by Gasteiger charge is 2.40. The highest BCUT2D eigenvalue weighted by atomic mass is 16.3. The van der Waals surface area contributed by atoms with Crippen LogP contribution in [0.1, 0.15) is 57.2 Å². The van der Waals surface area contributed by atoms with Crippen LogP contribution in [0.4, 0.5) is 0 Å². The first-order valence-corrected chi connectivity index (χ1v) is 11.9. The van der Waals surface area contributed by atoms with Crippen LogP contribution in [0.3, 0.4) is 0 Å². The van der Waals surface area contributed by atoms with E-state index in [9.17, 15) is 0 Å². The van der Waals surface area contributed by atoms with Gasteiger partial charge in [-0.3, -0.25) is 4.98 Å². The molecule has 3 heterocycles. The van der Waals surface area contributed by atoms with Crippen molar-refractivity contribution in [2.75, 3.05) is 0 Å². The maximum atomic E-state index is 6.68. The summed E-state index contributed by atoms with van der Waals surface area (Å²) < 4.78 is 8.99. The molecule has 0 radical (unpaired) electrons. The first-order valence-electron chi connectivity index (χ1n) is 11.9. The Balaban J connectivity index is 1.70. The molecule has 0 saturated carbocycles. The van der Waals surface area contributed by atoms with Gasteiger partial charge >= 0.3 is 0 Å². The second-order valence-corrected chi connectivity index (χ2v) is 11.1. The van der Waals surface area contributed by atoms with Gasteiger partial charge in [0.1, 0.15) is 18.2 Å². The van der Waals surface area contributed by atoms with E-state index in [2.05, 4.69) is 93.8 Å². The van der Waals surface area contributed by atoms with Gasteiger partial charge in [-0.25, -0.2) is 4.57 Å². The van der Waals surface area contributed by atoms with E-state index in [-0.39, 0.29) is 10.8 Å². The van der Waals surface area contributed by atoms with Gasteiger partial charge in [-0.05, 0) is 53.9 Å². The van der Waals surface area contributed by atoms with E-state index in [1.165, 1.54) is 46.2 Å². The molecule has 0 atom stereocenters. The summed E-state index contributed by atoms with van der Waals surface area (Å²) in [6.07, 6.45) is 8.53. The molecule has 0 amide bonds. The van der Waals surface area contributed by atoms with Gasteiger partial charge in [0.25, 0.3) is 0 Å². The Labute approximate surface area is 195 Å². The number of aryl methyl sites for hydroxylation is 2. The van der Waals surface area contributed by atoms with Gasteiger partial charge in [0.05, 0.1) is 5.56 Å². The normalized spacial score (nSPS) is 17.0. The Morgan fingerprint density at radius 3 is 2.33 bits per heavy atom. The Hall–Kier alpha value is -3.20. The molecular formula is C30H31N2O+. The van der Waals surface area contributed by atoms with Crippen LogP contribution >= 0.6 is 0 Å². The first-order chi connectivity index (χ1) is 15.7. The van der Waals surface area contributed by atoms with Crippen molar-refractivity contribution in [2.45, 2.75) is 58.3 Å². The van der Waals surface area contributed by atoms with Crippen molar-refractivity contribution in [1.82, 2.24) is 4.98 Å². The predicted octanol–water partition coefficient (Wildman–Crippen LogP) is 7.28. The number of hydrogen-bond donors (Lipinski definition) is 0. The van der Waals surface area contributed by atoms with Gasteiger partial charge in [-0.15, -0.1) is 0 Å². The van der Waals surface area contributed by atoms with Crippen LogP contribution in [0, 0.1) is 6.92 Å². The SMILES string of the molecule is Cc1ccc2c(oc3c4ccncc4ccc23)c1-c1cc2c(c[n+]1C)C(C)(C)CCC2(C)C. The second kappa shape index (κ2) is 6.66. The molecule has 6 rings (SSSR count). The van der Waals surface area contributed by atoms with Gasteiger partial charge in [-0.2, -0.15) is 0 Å². The first kappa shape index (κ1) is 20.4. The molecule has 3 aromatic heterocycles. The number of nitrogens with zero attached hydrogens (tertiary/aromatic N) is 2. The third-order valence-electron chi connectivity index (χ3n) is 7.99. The Morgan fingerprint density at radius 1 is 0.848 bits per heavy atom. The fourth-order valence-electron chi connectivity index (χ4n) is 5.77. The summed E-state index contributed by atoms with van der Waals surface area (Å²) >= 11 is 0. The van der Waals surface area contributed by atoms with E-state index in [1.807, 2.05) is 12.4 Å². The Kier molecular flexibility index (Phi) is 4.12. The van der Waals surface area contributed by atoms with E-state index < -0.39 is 0 Å². The zero-order chi connectivity index (χ0) is 23.1. The lowest BCUT2D eigenvalue weighted by molar-refractivity contribution is -0.661. The second-order valence-electron chi connectivity index (χ2n) is 11.1. The maximum Gasteiger partial charge on any atom is 0.216 e. The number of fused-ring (bicyclic) bond motifs is 6. The van der Waals surface area contributed by atoms with E-state index >= 15 is 0 Å². The van der Waals surface area contributed by atoms with Crippen molar-refractivity contribution in [2.24, 2.45) is 7.05 Å². The van der Waals surface area contributed by atoms with Crippen LogP contribution in [-0.4, -0.2) is 4.98 Å². The summed E-state index contributed by atoms with van der Waals surface area (Å²) in [7, 11) is 2.18. The molecule has 2 aromatic carbocycles. The summed E-state index contributed by atoms with van der Waals surface area (Å²) in [5.41, 5.74) is 8.84. The quantitative estimate of drug-likeness (QED) is 0.259. The van der Waals surface area contributed by atoms with Crippen molar-refractivity contribution in [3.8, 4) is 11.3 Å². The predicted molar refractivity (Wildman–Crippen MR) is 136 cm³/mol. The number of hydrogen-bond acceptors (Lipinski definition) is 2. The molecule has 166 valence electrons. The lowest BCUT2D eigenvalue weighted by Gasteiger charge is -2.40. The van der Waals surface area contributed by atoms with Gasteiger partial charge < -0.3 is 4.42 Å². The third-order valence-corrected chi connectivity index (χ3v) is 7.99. The summed E-state index contributed by atoms with van der Waals surface area (Å²) in [5, 5.41) is 4.54. The molecule has 0 saturated heterocycles. The van der Waals surface area contributed by atoms with Crippen molar-refractivity contribution in [3.05, 3.63) is 71.7 Å². The van der Waals surface area contributed by atoms with E-state index in [0.29, 0.717) is 0 Å². The van der Waals surface area contributed by atoms with Crippen molar-refractivity contribution in [3.63, 3.8) is 0 Å². The zero-order valence-corrected chi connectivity index (χ0v) is 20.4. The molecule has 0 spiro atoms. The summed E-state index contributed by atoms with van der Waals surface area (Å²) in [6, 6.07) is 13.2. The van der Waals surface area contributed by atoms with Crippen LogP contribution in [0.2, 0.25) is 0 Å². The lowest BCUT2D eigenvalue weighted by atomic mass is 9.63. The standard InChI is InChI=1S/C30H31N2O/c1-18-7-9-22-21-10-8-19-16-31-14-11-20(19)27(21)33-28(22)26(18)25-15-23-24(17-32(25)6)30(4,5)13-12-29(23,2)3/h7-11,14-17H,12-13H2,1-6H3/q+1. The number of furan rings is 1. The summed E-state index contributed by atoms with van der Waals surface area (Å²) in [5.74, 6) is 0. The van der Waals surface area contributed by atoms with Gasteiger partial charge in [0.15, 0.2) is 6.20 Å². The molecular weight excluding hydrogens is 404 g/mol. The largest absolute Gasteiger partial charge is 0.454 e. The highest BCUT2D eigenvalue weighted by molar-refractivity contribution is 6.17. The van der Waals surface area contributed by atoms with Crippen LogP contribution in [0.5, 0.6) is 0 Å². The molecule has 0 fully saturated rings. The average molecular weight is 436 g/mol. The Bertz CT molecular complexity index is 1590. The van der Waals surface area contributed by atoms with Crippen LogP contribution in [-0.2, 0) is 17.9 Å². The van der Waals surface area contributed by atoms with Gasteiger partial charge in [0, 0.05) is 45.6 Å². The minimum absolute atomic E-state index is 0.159. The number of aromatic nitrogens is 2. The topological polar surface area (TPSA) is 29.9 Å². The minimum Gasteiger partial charge on any atom is -0.454 e. The smallest absolute Gasteiger partial charge is 0.216 e. The van der Waals surface area contributed by atoms with Crippen molar-refractivity contribution < 1.29 is 8.98 Å². The van der Waals surface area contributed by atoms with E-state index in [1.54, 1.807) is 0 Å². The molecule has 1 aliphatic rings. The number of pyridine rings is 2. The van der Waals surface area contributed by atoms with E-state index in [0.717, 1.165) is 27.3 Å². The number of rotatable bonds is 1. The molecule has 0 N–H and O–H groups in total. The van der Waals surface area contributed by atoms with Crippen LogP contribution < -0.4 is 4.57 Å². The van der Waals surface area contributed by atoms with Crippen molar-refractivity contribution in [1.29, 1.82) is 0 Å². The molecule has 3 heteroatoms. The minimum atomic E-state index is 0.159. The monoisotopic (exact) mass is 435 g/mol. The lowest BCUT2D eigenvalue weighted by Crippen LogP contribution is -2.40. The molecule has 0 aliphatic heterocycles. The zero-order valence-electron chi connectivity index (χ0n) is 20.4. The Morgan fingerprint density at radius 2 is 1.55 bits per heavy atom. The van der Waals surface area contributed by atoms with Crippen molar-refractivity contribution >= 4 is 32.7 Å². The molecule has 3 nitrogen and oxygen atoms in total. The van der Waals surface area contributed by atoms with Gasteiger partial charge in [0.2, 0.25) is 5.69 Å². The average Bonchev–Trinajstić information content (AvgIpc) is 3.16. The molecule has 0 bridgehead atoms. The molecule has 1 aliphatic carbocycles. The maximum absolute atomic E-state index is 6.68. The summed E-state index contributed by atoms with van der Waals surface area (Å²) in [6.45, 7) is 11.7. The summed E-state index contributed by atoms with van der Waals surface area (Å²) in [4.78, 5) is 4.29. The number of benzene rings is 2. The molecule has 0 unspecified atom stereocenters. The van der Waals surface area contributed by atoms with Crippen LogP contribution in [0.25, 0.3) is 44.0 Å². The van der Waals surface area contributed by atoms with Gasteiger partial charge in [-0.1, -0.05) is 45.9 Å². The molecule has 5 aromatic rings.